The first kappa shape index (κ1) is 18.3. The number of hydrogen-bond donors (Lipinski definition) is 3. The lowest BCUT2D eigenvalue weighted by Crippen LogP contribution is -2.11. The van der Waals surface area contributed by atoms with Gasteiger partial charge in [-0.05, 0) is 47.7 Å². The largest absolute Gasteiger partial charge is 0.487 e. The molecule has 0 atom stereocenters. The van der Waals surface area contributed by atoms with Crippen molar-refractivity contribution in [3.05, 3.63) is 52.5 Å². The van der Waals surface area contributed by atoms with Crippen molar-refractivity contribution >= 4 is 72.8 Å². The van der Waals surface area contributed by atoms with Gasteiger partial charge in [0.15, 0.2) is 5.75 Å². The third kappa shape index (κ3) is 2.95. The second-order valence-corrected chi connectivity index (χ2v) is 8.15. The molecule has 3 heterocycles. The van der Waals surface area contributed by atoms with Crippen molar-refractivity contribution in [1.29, 1.82) is 0 Å². The first-order valence-corrected chi connectivity index (χ1v) is 10.3. The predicted molar refractivity (Wildman–Crippen MR) is 123 cm³/mol. The molecule has 0 fully saturated rings. The summed E-state index contributed by atoms with van der Waals surface area (Å²) in [7, 11) is 0. The maximum atomic E-state index is 6.28. The van der Waals surface area contributed by atoms with E-state index in [9.17, 15) is 0 Å². The Kier molecular flexibility index (Phi) is 3.99. The summed E-state index contributed by atoms with van der Waals surface area (Å²) >= 11 is 12.6. The standard InChI is InChI=1S/C21H15Cl2N7O/c22-10-1-3-16-12(7-10)14-9-15-13-8-11(23)2-4-17(13)26-19(15)20(18(14)25-16)31-6-5-30-28-21(24)27-29-30/h1-4,7-9,25-26H,5-6H2,(H2,24,28). The molecule has 8 nitrogen and oxygen atoms in total. The van der Waals surface area contributed by atoms with Gasteiger partial charge in [0.05, 0.1) is 17.6 Å². The third-order valence-electron chi connectivity index (χ3n) is 5.35. The molecule has 0 amide bonds. The minimum Gasteiger partial charge on any atom is -0.487 e. The molecule has 6 aromatic rings. The molecule has 3 aromatic carbocycles. The van der Waals surface area contributed by atoms with Crippen molar-refractivity contribution in [2.45, 2.75) is 6.54 Å². The first-order valence-electron chi connectivity index (χ1n) is 9.58. The minimum atomic E-state index is 0.129. The molecule has 0 spiro atoms. The highest BCUT2D eigenvalue weighted by atomic mass is 35.5. The first-order chi connectivity index (χ1) is 15.1. The van der Waals surface area contributed by atoms with Crippen molar-refractivity contribution in [3.63, 3.8) is 0 Å². The van der Waals surface area contributed by atoms with Crippen LogP contribution in [0.5, 0.6) is 5.75 Å². The van der Waals surface area contributed by atoms with Crippen LogP contribution in [-0.2, 0) is 6.54 Å². The van der Waals surface area contributed by atoms with Gasteiger partial charge in [0, 0.05) is 42.6 Å². The lowest BCUT2D eigenvalue weighted by Gasteiger charge is -2.09. The summed E-state index contributed by atoms with van der Waals surface area (Å²) in [6.07, 6.45) is 0. The van der Waals surface area contributed by atoms with E-state index in [1.807, 2.05) is 36.4 Å². The van der Waals surface area contributed by atoms with Crippen LogP contribution in [0, 0.1) is 0 Å². The second kappa shape index (κ2) is 6.76. The Morgan fingerprint density at radius 2 is 1.48 bits per heavy atom. The van der Waals surface area contributed by atoms with Crippen LogP contribution >= 0.6 is 23.2 Å². The molecular formula is C21H15Cl2N7O. The number of tetrazole rings is 1. The fraction of sp³-hybridized carbons (Fsp3) is 0.0952. The summed E-state index contributed by atoms with van der Waals surface area (Å²) in [6.45, 7) is 0.733. The molecular weight excluding hydrogens is 437 g/mol. The number of anilines is 1. The number of rotatable bonds is 4. The van der Waals surface area contributed by atoms with Crippen molar-refractivity contribution in [1.82, 2.24) is 30.2 Å². The monoisotopic (exact) mass is 451 g/mol. The number of fused-ring (bicyclic) bond motifs is 6. The molecule has 0 aliphatic heterocycles. The lowest BCUT2D eigenvalue weighted by molar-refractivity contribution is 0.285. The molecule has 0 unspecified atom stereocenters. The van der Waals surface area contributed by atoms with Gasteiger partial charge < -0.3 is 20.4 Å². The van der Waals surface area contributed by atoms with Crippen LogP contribution in [0.2, 0.25) is 10.0 Å². The van der Waals surface area contributed by atoms with E-state index >= 15 is 0 Å². The quantitative estimate of drug-likeness (QED) is 0.352. The molecule has 0 aliphatic rings. The van der Waals surface area contributed by atoms with E-state index in [-0.39, 0.29) is 5.95 Å². The summed E-state index contributed by atoms with van der Waals surface area (Å²) < 4.78 is 6.27. The molecule has 0 radical (unpaired) electrons. The number of nitrogens with one attached hydrogen (secondary N) is 2. The third-order valence-corrected chi connectivity index (χ3v) is 5.82. The molecule has 10 heteroatoms. The number of H-pyrrole nitrogens is 2. The normalized spacial score (nSPS) is 11.9. The van der Waals surface area contributed by atoms with Gasteiger partial charge in [0.2, 0.25) is 0 Å². The van der Waals surface area contributed by atoms with Crippen LogP contribution < -0.4 is 10.5 Å². The maximum Gasteiger partial charge on any atom is 0.260 e. The van der Waals surface area contributed by atoms with E-state index in [0.717, 1.165) is 43.6 Å². The summed E-state index contributed by atoms with van der Waals surface area (Å²) in [5.41, 5.74) is 9.26. The molecule has 31 heavy (non-hydrogen) atoms. The minimum absolute atomic E-state index is 0.129. The molecule has 0 saturated heterocycles. The van der Waals surface area contributed by atoms with Crippen molar-refractivity contribution in [2.24, 2.45) is 0 Å². The molecule has 4 N–H and O–H groups in total. The number of benzene rings is 3. The number of hydrogen-bond acceptors (Lipinski definition) is 5. The summed E-state index contributed by atoms with van der Waals surface area (Å²) in [5, 5.41) is 17.0. The van der Waals surface area contributed by atoms with E-state index in [2.05, 4.69) is 31.4 Å². The topological polar surface area (TPSA) is 110 Å². The molecule has 154 valence electrons. The Labute approximate surface area is 184 Å². The van der Waals surface area contributed by atoms with Crippen LogP contribution in [0.15, 0.2) is 42.5 Å². The molecule has 0 saturated carbocycles. The fourth-order valence-corrected chi connectivity index (χ4v) is 4.37. The van der Waals surface area contributed by atoms with Gasteiger partial charge >= 0.3 is 0 Å². The number of nitrogens with zero attached hydrogens (tertiary/aromatic N) is 4. The van der Waals surface area contributed by atoms with Crippen LogP contribution in [0.25, 0.3) is 43.6 Å². The molecule has 0 bridgehead atoms. The summed E-state index contributed by atoms with van der Waals surface area (Å²) in [5.74, 6) is 0.838. The summed E-state index contributed by atoms with van der Waals surface area (Å²) in [4.78, 5) is 8.35. The maximum absolute atomic E-state index is 6.28. The number of halogens is 2. The van der Waals surface area contributed by atoms with Gasteiger partial charge in [-0.3, -0.25) is 0 Å². The van der Waals surface area contributed by atoms with Crippen molar-refractivity contribution in [3.8, 4) is 5.75 Å². The highest BCUT2D eigenvalue weighted by Gasteiger charge is 2.18. The van der Waals surface area contributed by atoms with Crippen LogP contribution in [-0.4, -0.2) is 36.8 Å². The van der Waals surface area contributed by atoms with E-state index in [4.69, 9.17) is 33.7 Å². The van der Waals surface area contributed by atoms with Gasteiger partial charge in [0.25, 0.3) is 5.95 Å². The Morgan fingerprint density at radius 3 is 2.03 bits per heavy atom. The van der Waals surface area contributed by atoms with Gasteiger partial charge in [-0.2, -0.15) is 4.80 Å². The fourth-order valence-electron chi connectivity index (χ4n) is 4.02. The summed E-state index contributed by atoms with van der Waals surface area (Å²) in [6, 6.07) is 13.7. The molecule has 3 aromatic heterocycles. The Hall–Kier alpha value is -3.49. The average Bonchev–Trinajstić information content (AvgIpc) is 3.43. The zero-order chi connectivity index (χ0) is 21.1. The van der Waals surface area contributed by atoms with Gasteiger partial charge in [0.1, 0.15) is 6.61 Å². The SMILES string of the molecule is Nc1nnn(CCOc2c3[nH]c4ccc(Cl)cc4c3cc3c2[nH]c2ccc(Cl)cc23)n1. The molecule has 6 rings (SSSR count). The van der Waals surface area contributed by atoms with Crippen LogP contribution in [0.3, 0.4) is 0 Å². The Morgan fingerprint density at radius 1 is 0.871 bits per heavy atom. The van der Waals surface area contributed by atoms with E-state index < -0.39 is 0 Å². The zero-order valence-corrected chi connectivity index (χ0v) is 17.5. The number of ether oxygens (including phenoxy) is 1. The van der Waals surface area contributed by atoms with E-state index in [0.29, 0.717) is 28.9 Å². The Balaban J connectivity index is 1.58. The highest BCUT2D eigenvalue weighted by molar-refractivity contribution is 6.33. The van der Waals surface area contributed by atoms with E-state index in [1.165, 1.54) is 4.80 Å². The number of aromatic amines is 2. The van der Waals surface area contributed by atoms with E-state index in [1.54, 1.807) is 0 Å². The Bertz CT molecular complexity index is 1520. The van der Waals surface area contributed by atoms with Crippen molar-refractivity contribution in [2.75, 3.05) is 12.3 Å². The van der Waals surface area contributed by atoms with Gasteiger partial charge in [-0.15, -0.1) is 5.10 Å². The smallest absolute Gasteiger partial charge is 0.260 e. The van der Waals surface area contributed by atoms with Crippen LogP contribution in [0.4, 0.5) is 5.95 Å². The second-order valence-electron chi connectivity index (χ2n) is 7.27. The lowest BCUT2D eigenvalue weighted by atomic mass is 10.1. The zero-order valence-electron chi connectivity index (χ0n) is 16.0. The molecule has 0 aliphatic carbocycles. The van der Waals surface area contributed by atoms with Gasteiger partial charge in [-0.25, -0.2) is 0 Å². The number of nitrogens with two attached hydrogens (primary N) is 1. The van der Waals surface area contributed by atoms with Crippen LogP contribution in [0.1, 0.15) is 0 Å². The van der Waals surface area contributed by atoms with Crippen molar-refractivity contribution < 1.29 is 4.74 Å². The number of aromatic nitrogens is 6. The average molecular weight is 452 g/mol. The van der Waals surface area contributed by atoms with Gasteiger partial charge in [-0.1, -0.05) is 28.3 Å². The number of nitrogen functional groups attached to an aromatic ring is 1. The highest BCUT2D eigenvalue weighted by Crippen LogP contribution is 2.41. The predicted octanol–water partition coefficient (Wildman–Crippen LogP) is 4.91.